The summed E-state index contributed by atoms with van der Waals surface area (Å²) in [5.74, 6) is 0.824. The zero-order valence-corrected chi connectivity index (χ0v) is 6.52. The molecule has 1 aliphatic rings. The van der Waals surface area contributed by atoms with E-state index in [1.807, 2.05) is 0 Å². The van der Waals surface area contributed by atoms with Crippen molar-refractivity contribution in [3.05, 3.63) is 0 Å². The van der Waals surface area contributed by atoms with E-state index in [-0.39, 0.29) is 0 Å². The fourth-order valence-electron chi connectivity index (χ4n) is 0.652. The molecule has 2 nitrogen and oxygen atoms in total. The van der Waals surface area contributed by atoms with Gasteiger partial charge in [0, 0.05) is 27.4 Å². The van der Waals surface area contributed by atoms with E-state index >= 15 is 0 Å². The van der Waals surface area contributed by atoms with E-state index < -0.39 is 0 Å². The number of hydrogen-bond acceptors (Lipinski definition) is 2. The van der Waals surface area contributed by atoms with Crippen molar-refractivity contribution in [3.63, 3.8) is 0 Å². The molecule has 9 heavy (non-hydrogen) atoms. The van der Waals surface area contributed by atoms with Gasteiger partial charge in [0.15, 0.2) is 0 Å². The second kappa shape index (κ2) is 6.05. The molecule has 0 aromatic heterocycles. The highest BCUT2D eigenvalue weighted by atomic mass is 16.5. The second-order valence-electron chi connectivity index (χ2n) is 2.38. The molecule has 1 rings (SSSR count). The molecule has 1 atom stereocenters. The van der Waals surface area contributed by atoms with Crippen LogP contribution in [0, 0.1) is 5.92 Å². The Kier molecular flexibility index (Phi) is 5.99. The maximum Gasteiger partial charge on any atom is 0.0492 e. The van der Waals surface area contributed by atoms with Gasteiger partial charge in [-0.05, 0) is 12.3 Å². The molecule has 0 spiro atoms. The van der Waals surface area contributed by atoms with Gasteiger partial charge in [-0.25, -0.2) is 0 Å². The second-order valence-corrected chi connectivity index (χ2v) is 2.38. The Hall–Kier alpha value is -0.0800. The minimum atomic E-state index is 0.824. The predicted molar refractivity (Wildman–Crippen MR) is 37.5 cm³/mol. The summed E-state index contributed by atoms with van der Waals surface area (Å²) < 4.78 is 9.31. The van der Waals surface area contributed by atoms with E-state index in [4.69, 9.17) is 4.74 Å². The predicted octanol–water partition coefficient (Wildman–Crippen LogP) is 1.31. The smallest absolute Gasteiger partial charge is 0.0492 e. The number of ether oxygens (including phenoxy) is 2. The van der Waals surface area contributed by atoms with Crippen molar-refractivity contribution in [1.82, 2.24) is 0 Å². The molecular weight excluding hydrogens is 116 g/mol. The maximum absolute atomic E-state index is 5.06. The largest absolute Gasteiger partial charge is 0.388 e. The van der Waals surface area contributed by atoms with Crippen molar-refractivity contribution < 1.29 is 9.47 Å². The maximum atomic E-state index is 5.06. The lowest BCUT2D eigenvalue weighted by Gasteiger charge is -1.89. The van der Waals surface area contributed by atoms with Gasteiger partial charge in [-0.1, -0.05) is 6.92 Å². The Labute approximate surface area is 57.2 Å². The van der Waals surface area contributed by atoms with E-state index in [0.29, 0.717) is 0 Å². The molecule has 1 aliphatic heterocycles. The third kappa shape index (κ3) is 5.80. The SMILES string of the molecule is COC.C[C@@H]1CCOC1. The number of hydrogen-bond donors (Lipinski definition) is 0. The van der Waals surface area contributed by atoms with Crippen LogP contribution in [-0.4, -0.2) is 27.4 Å². The molecule has 1 saturated heterocycles. The standard InChI is InChI=1S/C5H10O.C2H6O/c1-5-2-3-6-4-5;1-3-2/h5H,2-4H2,1H3;1-2H3/t5-;/m1./s1. The normalized spacial score (nSPS) is 25.0. The average molecular weight is 132 g/mol. The highest BCUT2D eigenvalue weighted by Crippen LogP contribution is 2.09. The molecule has 0 aromatic carbocycles. The van der Waals surface area contributed by atoms with E-state index in [0.717, 1.165) is 19.1 Å². The fourth-order valence-corrected chi connectivity index (χ4v) is 0.652. The van der Waals surface area contributed by atoms with Crippen LogP contribution in [0.25, 0.3) is 0 Å². The lowest BCUT2D eigenvalue weighted by Crippen LogP contribution is -1.88. The third-order valence-electron chi connectivity index (χ3n) is 1.16. The molecule has 0 unspecified atom stereocenters. The van der Waals surface area contributed by atoms with E-state index in [1.54, 1.807) is 14.2 Å². The van der Waals surface area contributed by atoms with E-state index in [9.17, 15) is 0 Å². The van der Waals surface area contributed by atoms with Crippen molar-refractivity contribution in [2.24, 2.45) is 5.92 Å². The summed E-state index contributed by atoms with van der Waals surface area (Å²) in [7, 11) is 3.25. The van der Waals surface area contributed by atoms with Crippen molar-refractivity contribution in [2.45, 2.75) is 13.3 Å². The Morgan fingerprint density at radius 1 is 1.44 bits per heavy atom. The fraction of sp³-hybridized carbons (Fsp3) is 1.00. The van der Waals surface area contributed by atoms with Gasteiger partial charge < -0.3 is 9.47 Å². The van der Waals surface area contributed by atoms with Gasteiger partial charge in [0.05, 0.1) is 0 Å². The van der Waals surface area contributed by atoms with Gasteiger partial charge in [-0.15, -0.1) is 0 Å². The van der Waals surface area contributed by atoms with Crippen LogP contribution in [-0.2, 0) is 9.47 Å². The molecular formula is C7H16O2. The Morgan fingerprint density at radius 3 is 2.11 bits per heavy atom. The van der Waals surface area contributed by atoms with E-state index in [1.165, 1.54) is 6.42 Å². The Bertz CT molecular complexity index is 48.9. The molecule has 1 heterocycles. The zero-order chi connectivity index (χ0) is 7.11. The summed E-state index contributed by atoms with van der Waals surface area (Å²) >= 11 is 0. The minimum absolute atomic E-state index is 0.824. The summed E-state index contributed by atoms with van der Waals surface area (Å²) in [6.45, 7) is 4.19. The van der Waals surface area contributed by atoms with Gasteiger partial charge in [-0.2, -0.15) is 0 Å². The van der Waals surface area contributed by atoms with Crippen LogP contribution in [0.1, 0.15) is 13.3 Å². The third-order valence-corrected chi connectivity index (χ3v) is 1.16. The Balaban J connectivity index is 0.000000187. The van der Waals surface area contributed by atoms with Gasteiger partial charge >= 0.3 is 0 Å². The van der Waals surface area contributed by atoms with Crippen LogP contribution in [0.4, 0.5) is 0 Å². The molecule has 0 saturated carbocycles. The summed E-state index contributed by atoms with van der Waals surface area (Å²) in [5, 5.41) is 0. The molecule has 0 aromatic rings. The summed E-state index contributed by atoms with van der Waals surface area (Å²) in [6.07, 6.45) is 1.26. The summed E-state index contributed by atoms with van der Waals surface area (Å²) in [4.78, 5) is 0. The zero-order valence-electron chi connectivity index (χ0n) is 6.52. The quantitative estimate of drug-likeness (QED) is 0.494. The van der Waals surface area contributed by atoms with Crippen LogP contribution >= 0.6 is 0 Å². The van der Waals surface area contributed by atoms with Crippen LogP contribution in [0.5, 0.6) is 0 Å². The number of methoxy groups -OCH3 is 1. The Morgan fingerprint density at radius 2 is 2.00 bits per heavy atom. The first-order valence-corrected chi connectivity index (χ1v) is 3.29. The minimum Gasteiger partial charge on any atom is -0.388 e. The van der Waals surface area contributed by atoms with Crippen LogP contribution in [0.15, 0.2) is 0 Å². The molecule has 0 amide bonds. The molecule has 0 radical (unpaired) electrons. The average Bonchev–Trinajstić information content (AvgIpc) is 2.20. The molecule has 0 bridgehead atoms. The first-order chi connectivity index (χ1) is 4.31. The van der Waals surface area contributed by atoms with Gasteiger partial charge in [0.2, 0.25) is 0 Å². The first-order valence-electron chi connectivity index (χ1n) is 3.29. The van der Waals surface area contributed by atoms with Crippen molar-refractivity contribution >= 4 is 0 Å². The lowest BCUT2D eigenvalue weighted by molar-refractivity contribution is 0.188. The summed E-state index contributed by atoms with van der Waals surface area (Å²) in [6, 6.07) is 0. The first kappa shape index (κ1) is 8.92. The topological polar surface area (TPSA) is 18.5 Å². The monoisotopic (exact) mass is 132 g/mol. The molecule has 0 N–H and O–H groups in total. The van der Waals surface area contributed by atoms with Crippen LogP contribution < -0.4 is 0 Å². The lowest BCUT2D eigenvalue weighted by atomic mass is 10.2. The summed E-state index contributed by atoms with van der Waals surface area (Å²) in [5.41, 5.74) is 0. The van der Waals surface area contributed by atoms with Crippen molar-refractivity contribution in [1.29, 1.82) is 0 Å². The number of rotatable bonds is 0. The molecule has 2 heteroatoms. The van der Waals surface area contributed by atoms with Gasteiger partial charge in [-0.3, -0.25) is 0 Å². The van der Waals surface area contributed by atoms with Crippen molar-refractivity contribution in [2.75, 3.05) is 27.4 Å². The molecule has 0 aliphatic carbocycles. The molecule has 1 fully saturated rings. The van der Waals surface area contributed by atoms with Crippen LogP contribution in [0.3, 0.4) is 0 Å². The molecule has 56 valence electrons. The van der Waals surface area contributed by atoms with Gasteiger partial charge in [0.25, 0.3) is 0 Å². The van der Waals surface area contributed by atoms with Crippen molar-refractivity contribution in [3.8, 4) is 0 Å². The highest BCUT2D eigenvalue weighted by Gasteiger charge is 2.07. The van der Waals surface area contributed by atoms with Crippen LogP contribution in [0.2, 0.25) is 0 Å². The van der Waals surface area contributed by atoms with E-state index in [2.05, 4.69) is 11.7 Å². The highest BCUT2D eigenvalue weighted by molar-refractivity contribution is 4.55. The van der Waals surface area contributed by atoms with Gasteiger partial charge in [0.1, 0.15) is 0 Å².